The zero-order valence-electron chi connectivity index (χ0n) is 11.4. The van der Waals surface area contributed by atoms with Crippen LogP contribution >= 0.6 is 0 Å². The maximum Gasteiger partial charge on any atom is 0.0605 e. The first kappa shape index (κ1) is 12.6. The molecule has 0 amide bonds. The van der Waals surface area contributed by atoms with E-state index in [1.165, 1.54) is 11.1 Å². The molecule has 1 fully saturated rings. The lowest BCUT2D eigenvalue weighted by Crippen LogP contribution is -2.49. The average molecular weight is 232 g/mol. The van der Waals surface area contributed by atoms with Gasteiger partial charge in [0, 0.05) is 5.41 Å². The van der Waals surface area contributed by atoms with E-state index < -0.39 is 0 Å². The first-order valence-electron chi connectivity index (χ1n) is 6.77. The predicted molar refractivity (Wildman–Crippen MR) is 72.3 cm³/mol. The number of hydrogen-bond acceptors (Lipinski definition) is 1. The van der Waals surface area contributed by atoms with Gasteiger partial charge in [-0.1, -0.05) is 52.0 Å². The standard InChI is InChI=1S/C16H24O/c1-5-16(4)14(10-15(16)17)13-8-6-12(7-9-13)11(2)3/h6-9,11,14-15,17H,5,10H2,1-4H3. The van der Waals surface area contributed by atoms with Crippen molar-refractivity contribution in [3.63, 3.8) is 0 Å². The summed E-state index contributed by atoms with van der Waals surface area (Å²) in [5, 5.41) is 9.94. The Morgan fingerprint density at radius 2 is 1.88 bits per heavy atom. The van der Waals surface area contributed by atoms with Crippen LogP contribution in [0.15, 0.2) is 24.3 Å². The Hall–Kier alpha value is -0.820. The molecular formula is C16H24O. The van der Waals surface area contributed by atoms with Gasteiger partial charge < -0.3 is 5.11 Å². The summed E-state index contributed by atoms with van der Waals surface area (Å²) in [6.07, 6.45) is 1.85. The topological polar surface area (TPSA) is 20.2 Å². The molecule has 0 radical (unpaired) electrons. The Morgan fingerprint density at radius 1 is 1.29 bits per heavy atom. The van der Waals surface area contributed by atoms with Gasteiger partial charge in [0.1, 0.15) is 0 Å². The molecule has 0 aromatic heterocycles. The first-order chi connectivity index (χ1) is 7.99. The van der Waals surface area contributed by atoms with Gasteiger partial charge in [-0.05, 0) is 35.8 Å². The third-order valence-electron chi connectivity index (χ3n) is 4.78. The molecule has 0 bridgehead atoms. The maximum atomic E-state index is 9.94. The molecule has 1 saturated carbocycles. The normalized spacial score (nSPS) is 32.6. The van der Waals surface area contributed by atoms with Gasteiger partial charge in [-0.15, -0.1) is 0 Å². The van der Waals surface area contributed by atoms with Gasteiger partial charge in [0.2, 0.25) is 0 Å². The van der Waals surface area contributed by atoms with E-state index in [0.29, 0.717) is 11.8 Å². The second-order valence-electron chi connectivity index (χ2n) is 5.98. The molecule has 3 atom stereocenters. The number of aliphatic hydroxyl groups is 1. The van der Waals surface area contributed by atoms with E-state index in [-0.39, 0.29) is 11.5 Å². The zero-order valence-corrected chi connectivity index (χ0v) is 11.4. The largest absolute Gasteiger partial charge is 0.393 e. The van der Waals surface area contributed by atoms with E-state index in [0.717, 1.165) is 12.8 Å². The lowest BCUT2D eigenvalue weighted by Gasteiger charge is -2.51. The van der Waals surface area contributed by atoms with Crippen LogP contribution in [0.5, 0.6) is 0 Å². The molecule has 1 aromatic rings. The number of aliphatic hydroxyl groups excluding tert-OH is 1. The van der Waals surface area contributed by atoms with E-state index >= 15 is 0 Å². The quantitative estimate of drug-likeness (QED) is 0.832. The van der Waals surface area contributed by atoms with E-state index in [1.807, 2.05) is 0 Å². The van der Waals surface area contributed by atoms with Crippen molar-refractivity contribution < 1.29 is 5.11 Å². The van der Waals surface area contributed by atoms with Crippen molar-refractivity contribution in [1.29, 1.82) is 0 Å². The lowest BCUT2D eigenvalue weighted by molar-refractivity contribution is -0.0777. The first-order valence-corrected chi connectivity index (χ1v) is 6.77. The highest BCUT2D eigenvalue weighted by atomic mass is 16.3. The SMILES string of the molecule is CCC1(C)C(O)CC1c1ccc(C(C)C)cc1. The summed E-state index contributed by atoms with van der Waals surface area (Å²) in [5.41, 5.74) is 2.87. The fourth-order valence-corrected chi connectivity index (χ4v) is 2.95. The zero-order chi connectivity index (χ0) is 12.6. The highest BCUT2D eigenvalue weighted by Gasteiger charge is 2.49. The summed E-state index contributed by atoms with van der Waals surface area (Å²) >= 11 is 0. The molecule has 0 spiro atoms. The van der Waals surface area contributed by atoms with Crippen LogP contribution in [0.25, 0.3) is 0 Å². The van der Waals surface area contributed by atoms with Gasteiger partial charge >= 0.3 is 0 Å². The van der Waals surface area contributed by atoms with Crippen LogP contribution in [-0.2, 0) is 0 Å². The Balaban J connectivity index is 2.19. The van der Waals surface area contributed by atoms with Crippen LogP contribution in [0.4, 0.5) is 0 Å². The number of benzene rings is 1. The maximum absolute atomic E-state index is 9.94. The summed E-state index contributed by atoms with van der Waals surface area (Å²) in [7, 11) is 0. The molecule has 1 nitrogen and oxygen atoms in total. The molecule has 0 heterocycles. The summed E-state index contributed by atoms with van der Waals surface area (Å²) in [5.74, 6) is 1.12. The minimum atomic E-state index is -0.123. The molecule has 1 aliphatic carbocycles. The summed E-state index contributed by atoms with van der Waals surface area (Å²) in [6.45, 7) is 8.83. The van der Waals surface area contributed by atoms with Gasteiger partial charge in [0.25, 0.3) is 0 Å². The van der Waals surface area contributed by atoms with Crippen LogP contribution < -0.4 is 0 Å². The average Bonchev–Trinajstić information content (AvgIpc) is 2.34. The molecule has 0 saturated heterocycles. The highest BCUT2D eigenvalue weighted by Crippen LogP contribution is 2.54. The van der Waals surface area contributed by atoms with Crippen LogP contribution in [0.1, 0.15) is 63.5 Å². The van der Waals surface area contributed by atoms with Gasteiger partial charge in [-0.2, -0.15) is 0 Å². The van der Waals surface area contributed by atoms with Crippen LogP contribution in [0.3, 0.4) is 0 Å². The van der Waals surface area contributed by atoms with Gasteiger partial charge in [-0.25, -0.2) is 0 Å². The fourth-order valence-electron chi connectivity index (χ4n) is 2.95. The third-order valence-corrected chi connectivity index (χ3v) is 4.78. The van der Waals surface area contributed by atoms with E-state index in [4.69, 9.17) is 0 Å². The molecule has 17 heavy (non-hydrogen) atoms. The Kier molecular flexibility index (Phi) is 3.31. The minimum absolute atomic E-state index is 0.0827. The van der Waals surface area contributed by atoms with Crippen molar-refractivity contribution >= 4 is 0 Å². The predicted octanol–water partition coefficient (Wildman–Crippen LogP) is 4.07. The van der Waals surface area contributed by atoms with Gasteiger partial charge in [-0.3, -0.25) is 0 Å². The molecular weight excluding hydrogens is 208 g/mol. The summed E-state index contributed by atoms with van der Waals surface area (Å²) in [6, 6.07) is 8.97. The molecule has 1 heteroatoms. The molecule has 1 aromatic carbocycles. The van der Waals surface area contributed by atoms with Crippen molar-refractivity contribution in [3.8, 4) is 0 Å². The van der Waals surface area contributed by atoms with Crippen molar-refractivity contribution in [2.24, 2.45) is 5.41 Å². The van der Waals surface area contributed by atoms with Gasteiger partial charge in [0.05, 0.1) is 6.10 Å². The molecule has 94 valence electrons. The Labute approximate surface area is 105 Å². The molecule has 2 rings (SSSR count). The molecule has 1 N–H and O–H groups in total. The number of hydrogen-bond donors (Lipinski definition) is 1. The lowest BCUT2D eigenvalue weighted by atomic mass is 9.55. The second-order valence-corrected chi connectivity index (χ2v) is 5.98. The van der Waals surface area contributed by atoms with E-state index in [2.05, 4.69) is 52.0 Å². The monoisotopic (exact) mass is 232 g/mol. The molecule has 3 unspecified atom stereocenters. The van der Waals surface area contributed by atoms with Crippen LogP contribution in [-0.4, -0.2) is 11.2 Å². The highest BCUT2D eigenvalue weighted by molar-refractivity contribution is 5.31. The Morgan fingerprint density at radius 3 is 2.29 bits per heavy atom. The van der Waals surface area contributed by atoms with Gasteiger partial charge in [0.15, 0.2) is 0 Å². The fraction of sp³-hybridized carbons (Fsp3) is 0.625. The Bertz CT molecular complexity index is 379. The van der Waals surface area contributed by atoms with Crippen LogP contribution in [0, 0.1) is 5.41 Å². The smallest absolute Gasteiger partial charge is 0.0605 e. The number of rotatable bonds is 3. The second kappa shape index (κ2) is 4.45. The van der Waals surface area contributed by atoms with E-state index in [1.54, 1.807) is 0 Å². The molecule has 1 aliphatic rings. The minimum Gasteiger partial charge on any atom is -0.393 e. The summed E-state index contributed by atoms with van der Waals surface area (Å²) in [4.78, 5) is 0. The third kappa shape index (κ3) is 2.01. The molecule has 0 aliphatic heterocycles. The van der Waals surface area contributed by atoms with Crippen molar-refractivity contribution in [2.75, 3.05) is 0 Å². The van der Waals surface area contributed by atoms with E-state index in [9.17, 15) is 5.11 Å². The van der Waals surface area contributed by atoms with Crippen molar-refractivity contribution in [2.45, 2.75) is 58.5 Å². The van der Waals surface area contributed by atoms with Crippen LogP contribution in [0.2, 0.25) is 0 Å². The summed E-state index contributed by atoms with van der Waals surface area (Å²) < 4.78 is 0. The van der Waals surface area contributed by atoms with Crippen molar-refractivity contribution in [3.05, 3.63) is 35.4 Å². The van der Waals surface area contributed by atoms with Crippen molar-refractivity contribution in [1.82, 2.24) is 0 Å².